The highest BCUT2D eigenvalue weighted by Crippen LogP contribution is 2.34. The van der Waals surface area contributed by atoms with Crippen molar-refractivity contribution >= 4 is 28.0 Å². The third-order valence-corrected chi connectivity index (χ3v) is 3.98. The van der Waals surface area contributed by atoms with Gasteiger partial charge in [-0.3, -0.25) is 4.79 Å². The SMILES string of the molecule is CCOC1(OCC)CSC(=O)SC1. The van der Waals surface area contributed by atoms with Crippen molar-refractivity contribution in [1.29, 1.82) is 0 Å². The first kappa shape index (κ1) is 11.4. The molecular weight excluding hydrogens is 208 g/mol. The highest BCUT2D eigenvalue weighted by molar-refractivity contribution is 8.39. The van der Waals surface area contributed by atoms with Crippen molar-refractivity contribution in [3.8, 4) is 0 Å². The number of thioether (sulfide) groups is 2. The van der Waals surface area contributed by atoms with Gasteiger partial charge in [0.05, 0.1) is 11.5 Å². The third-order valence-electron chi connectivity index (χ3n) is 1.63. The summed E-state index contributed by atoms with van der Waals surface area (Å²) in [5.41, 5.74) is 0. The average Bonchev–Trinajstić information content (AvgIpc) is 2.11. The molecule has 1 rings (SSSR count). The maximum absolute atomic E-state index is 11.0. The molecular formula is C8H14O3S2. The second kappa shape index (κ2) is 5.24. The van der Waals surface area contributed by atoms with Crippen LogP contribution in [0.1, 0.15) is 13.8 Å². The van der Waals surface area contributed by atoms with Crippen LogP contribution in [0.15, 0.2) is 0 Å². The lowest BCUT2D eigenvalue weighted by Gasteiger charge is -2.34. The van der Waals surface area contributed by atoms with Crippen molar-refractivity contribution in [2.75, 3.05) is 24.7 Å². The molecule has 0 amide bonds. The van der Waals surface area contributed by atoms with E-state index in [9.17, 15) is 4.79 Å². The van der Waals surface area contributed by atoms with Crippen LogP contribution in [0.5, 0.6) is 0 Å². The highest BCUT2D eigenvalue weighted by Gasteiger charge is 2.37. The van der Waals surface area contributed by atoms with Gasteiger partial charge in [0.15, 0.2) is 5.79 Å². The Kier molecular flexibility index (Phi) is 4.58. The van der Waals surface area contributed by atoms with E-state index in [1.807, 2.05) is 13.8 Å². The Balaban J connectivity index is 2.51. The van der Waals surface area contributed by atoms with Crippen LogP contribution < -0.4 is 0 Å². The molecule has 0 aromatic rings. The van der Waals surface area contributed by atoms with Crippen LogP contribution in [-0.2, 0) is 9.47 Å². The zero-order valence-electron chi connectivity index (χ0n) is 7.87. The molecule has 1 aliphatic heterocycles. The molecule has 0 saturated carbocycles. The number of hydrogen-bond donors (Lipinski definition) is 0. The lowest BCUT2D eigenvalue weighted by molar-refractivity contribution is -0.200. The quantitative estimate of drug-likeness (QED) is 0.682. The predicted octanol–water partition coefficient (Wildman–Crippen LogP) is 2.36. The first-order chi connectivity index (χ1) is 6.22. The number of rotatable bonds is 4. The van der Waals surface area contributed by atoms with Gasteiger partial charge in [0.2, 0.25) is 4.45 Å². The normalized spacial score (nSPS) is 21.8. The number of carbonyl (C=O) groups excluding carboxylic acids is 1. The first-order valence-electron chi connectivity index (χ1n) is 4.30. The van der Waals surface area contributed by atoms with Gasteiger partial charge in [-0.2, -0.15) is 0 Å². The second-order valence-corrected chi connectivity index (χ2v) is 4.76. The first-order valence-corrected chi connectivity index (χ1v) is 6.27. The van der Waals surface area contributed by atoms with Crippen LogP contribution in [0, 0.1) is 0 Å². The fourth-order valence-electron chi connectivity index (χ4n) is 1.16. The maximum atomic E-state index is 11.0. The van der Waals surface area contributed by atoms with Crippen LogP contribution in [0.25, 0.3) is 0 Å². The monoisotopic (exact) mass is 222 g/mol. The van der Waals surface area contributed by atoms with Crippen molar-refractivity contribution in [3.05, 3.63) is 0 Å². The Labute approximate surface area is 86.9 Å². The molecule has 5 heteroatoms. The smallest absolute Gasteiger partial charge is 0.246 e. The Morgan fingerprint density at radius 3 is 2.08 bits per heavy atom. The second-order valence-electron chi connectivity index (χ2n) is 2.60. The molecule has 0 N–H and O–H groups in total. The summed E-state index contributed by atoms with van der Waals surface area (Å²) in [5.74, 6) is 0.688. The number of hydrogen-bond acceptors (Lipinski definition) is 5. The molecule has 1 fully saturated rings. The fourth-order valence-corrected chi connectivity index (χ4v) is 3.18. The summed E-state index contributed by atoms with van der Waals surface area (Å²) in [4.78, 5) is 11.0. The molecule has 0 unspecified atom stereocenters. The standard InChI is InChI=1S/C8H14O3S2/c1-3-10-8(11-4-2)5-12-7(9)13-6-8/h3-6H2,1-2H3. The summed E-state index contributed by atoms with van der Waals surface area (Å²) < 4.78 is 11.2. The zero-order valence-corrected chi connectivity index (χ0v) is 9.50. The molecule has 76 valence electrons. The number of carbonyl (C=O) groups is 1. The summed E-state index contributed by atoms with van der Waals surface area (Å²) in [6.07, 6.45) is 0. The van der Waals surface area contributed by atoms with Gasteiger partial charge in [-0.1, -0.05) is 23.5 Å². The Hall–Kier alpha value is 0.290. The van der Waals surface area contributed by atoms with E-state index in [0.29, 0.717) is 24.7 Å². The summed E-state index contributed by atoms with van der Waals surface area (Å²) in [7, 11) is 0. The predicted molar refractivity (Wildman–Crippen MR) is 56.3 cm³/mol. The molecule has 0 aliphatic carbocycles. The van der Waals surface area contributed by atoms with Crippen LogP contribution in [0.2, 0.25) is 0 Å². The van der Waals surface area contributed by atoms with E-state index < -0.39 is 5.79 Å². The van der Waals surface area contributed by atoms with E-state index in [2.05, 4.69) is 0 Å². The fraction of sp³-hybridized carbons (Fsp3) is 0.875. The molecule has 1 aliphatic rings. The van der Waals surface area contributed by atoms with Crippen molar-refractivity contribution in [2.24, 2.45) is 0 Å². The largest absolute Gasteiger partial charge is 0.349 e. The topological polar surface area (TPSA) is 35.5 Å². The van der Waals surface area contributed by atoms with E-state index in [4.69, 9.17) is 9.47 Å². The maximum Gasteiger partial charge on any atom is 0.246 e. The van der Waals surface area contributed by atoms with E-state index in [1.165, 1.54) is 23.5 Å². The Morgan fingerprint density at radius 2 is 1.69 bits per heavy atom. The molecule has 0 bridgehead atoms. The molecule has 3 nitrogen and oxygen atoms in total. The molecule has 0 aromatic heterocycles. The zero-order chi connectivity index (χ0) is 9.73. The molecule has 0 radical (unpaired) electrons. The Morgan fingerprint density at radius 1 is 1.23 bits per heavy atom. The van der Waals surface area contributed by atoms with E-state index in [-0.39, 0.29) is 4.45 Å². The minimum Gasteiger partial charge on any atom is -0.349 e. The summed E-state index contributed by atoms with van der Waals surface area (Å²) in [5, 5.41) is 0. The van der Waals surface area contributed by atoms with E-state index in [1.54, 1.807) is 0 Å². The molecule has 1 heterocycles. The van der Waals surface area contributed by atoms with Crippen LogP contribution in [0.4, 0.5) is 4.79 Å². The van der Waals surface area contributed by atoms with Crippen molar-refractivity contribution < 1.29 is 14.3 Å². The molecule has 0 spiro atoms. The minimum absolute atomic E-state index is 0.162. The van der Waals surface area contributed by atoms with Gasteiger partial charge in [0.25, 0.3) is 0 Å². The van der Waals surface area contributed by atoms with Gasteiger partial charge < -0.3 is 9.47 Å². The summed E-state index contributed by atoms with van der Waals surface area (Å²) >= 11 is 2.56. The lowest BCUT2D eigenvalue weighted by Crippen LogP contribution is -2.44. The van der Waals surface area contributed by atoms with Gasteiger partial charge in [-0.15, -0.1) is 0 Å². The van der Waals surface area contributed by atoms with E-state index >= 15 is 0 Å². The molecule has 13 heavy (non-hydrogen) atoms. The minimum atomic E-state index is -0.535. The Bertz CT molecular complexity index is 166. The van der Waals surface area contributed by atoms with Crippen LogP contribution in [0.3, 0.4) is 0 Å². The van der Waals surface area contributed by atoms with Gasteiger partial charge in [0.1, 0.15) is 0 Å². The van der Waals surface area contributed by atoms with Gasteiger partial charge >= 0.3 is 0 Å². The van der Waals surface area contributed by atoms with Crippen LogP contribution in [-0.4, -0.2) is 35.0 Å². The molecule has 0 aromatic carbocycles. The van der Waals surface area contributed by atoms with Gasteiger partial charge in [-0.05, 0) is 13.8 Å². The molecule has 0 atom stereocenters. The lowest BCUT2D eigenvalue weighted by atomic mass is 10.3. The third kappa shape index (κ3) is 3.16. The molecule has 1 saturated heterocycles. The van der Waals surface area contributed by atoms with Gasteiger partial charge in [0, 0.05) is 13.2 Å². The summed E-state index contributed by atoms with van der Waals surface area (Å²) in [6.45, 7) is 5.11. The number of ether oxygens (including phenoxy) is 2. The van der Waals surface area contributed by atoms with Crippen molar-refractivity contribution in [2.45, 2.75) is 19.6 Å². The highest BCUT2D eigenvalue weighted by atomic mass is 32.2. The summed E-state index contributed by atoms with van der Waals surface area (Å²) in [6, 6.07) is 0. The van der Waals surface area contributed by atoms with Crippen molar-refractivity contribution in [1.82, 2.24) is 0 Å². The van der Waals surface area contributed by atoms with Gasteiger partial charge in [-0.25, -0.2) is 0 Å². The van der Waals surface area contributed by atoms with Crippen LogP contribution >= 0.6 is 23.5 Å². The van der Waals surface area contributed by atoms with E-state index in [0.717, 1.165) is 0 Å². The average molecular weight is 222 g/mol. The van der Waals surface area contributed by atoms with Crippen molar-refractivity contribution in [3.63, 3.8) is 0 Å².